The first-order valence-electron chi connectivity index (χ1n) is 5.34. The number of aliphatic hydroxyl groups excluding tert-OH is 2. The molecule has 18 heavy (non-hydrogen) atoms. The minimum Gasteiger partial charge on any atom is -0.469 e. The van der Waals surface area contributed by atoms with Crippen LogP contribution in [0.3, 0.4) is 0 Å². The van der Waals surface area contributed by atoms with Gasteiger partial charge in [0, 0.05) is 23.5 Å². The molecular formula is C12H15NO5. The molecule has 0 saturated heterocycles. The number of ketones is 1. The van der Waals surface area contributed by atoms with Gasteiger partial charge in [-0.1, -0.05) is 0 Å². The van der Waals surface area contributed by atoms with Crippen molar-refractivity contribution < 1.29 is 24.5 Å². The van der Waals surface area contributed by atoms with Gasteiger partial charge in [-0.05, 0) is 13.0 Å². The zero-order valence-corrected chi connectivity index (χ0v) is 10.2. The predicted molar refractivity (Wildman–Crippen MR) is 61.8 cm³/mol. The van der Waals surface area contributed by atoms with E-state index in [2.05, 4.69) is 9.72 Å². The second-order valence-electron chi connectivity index (χ2n) is 3.86. The van der Waals surface area contributed by atoms with Crippen molar-refractivity contribution in [1.82, 2.24) is 4.98 Å². The Bertz CT molecular complexity index is 446. The normalized spacial score (nSPS) is 13.8. The number of hydrogen-bond donors (Lipinski definition) is 2. The fraction of sp³-hybridized carbons (Fsp3) is 0.417. The third-order valence-electron chi connectivity index (χ3n) is 2.48. The number of rotatable bonds is 5. The van der Waals surface area contributed by atoms with Crippen molar-refractivity contribution in [2.75, 3.05) is 7.11 Å². The summed E-state index contributed by atoms with van der Waals surface area (Å²) in [5, 5.41) is 19.5. The molecule has 98 valence electrons. The van der Waals surface area contributed by atoms with Crippen LogP contribution in [0.5, 0.6) is 0 Å². The Morgan fingerprint density at radius 1 is 1.39 bits per heavy atom. The molecule has 0 saturated carbocycles. The average molecular weight is 253 g/mol. The molecule has 0 spiro atoms. The zero-order valence-electron chi connectivity index (χ0n) is 10.2. The van der Waals surface area contributed by atoms with E-state index in [9.17, 15) is 19.8 Å². The van der Waals surface area contributed by atoms with Crippen molar-refractivity contribution in [3.05, 3.63) is 29.6 Å². The second kappa shape index (κ2) is 6.23. The van der Waals surface area contributed by atoms with E-state index >= 15 is 0 Å². The summed E-state index contributed by atoms with van der Waals surface area (Å²) in [6, 6.07) is 1.43. The molecule has 0 amide bonds. The average Bonchev–Trinajstić information content (AvgIpc) is 2.37. The van der Waals surface area contributed by atoms with Crippen LogP contribution in [-0.2, 0) is 9.53 Å². The number of ether oxygens (including phenoxy) is 1. The van der Waals surface area contributed by atoms with Crippen LogP contribution < -0.4 is 0 Å². The van der Waals surface area contributed by atoms with Crippen LogP contribution >= 0.6 is 0 Å². The van der Waals surface area contributed by atoms with E-state index in [1.165, 1.54) is 32.5 Å². The predicted octanol–water partition coefficient (Wildman–Crippen LogP) is 0.242. The van der Waals surface area contributed by atoms with Crippen molar-refractivity contribution in [1.29, 1.82) is 0 Å². The Hall–Kier alpha value is -1.79. The Morgan fingerprint density at radius 3 is 2.61 bits per heavy atom. The first kappa shape index (κ1) is 14.3. The standard InChI is InChI=1S/C12H15NO5/c1-7(14)8-3-9(6-13-5-8)12(17)10(15)4-11(16)18-2/h3,5-6,10,12,15,17H,4H2,1-2H3. The van der Waals surface area contributed by atoms with Gasteiger partial charge in [0.05, 0.1) is 19.6 Å². The number of nitrogens with zero attached hydrogens (tertiary/aromatic N) is 1. The van der Waals surface area contributed by atoms with Crippen LogP contribution in [0.15, 0.2) is 18.5 Å². The van der Waals surface area contributed by atoms with Gasteiger partial charge in [0.15, 0.2) is 5.78 Å². The molecule has 0 radical (unpaired) electrons. The minimum atomic E-state index is -1.30. The number of esters is 1. The maximum Gasteiger partial charge on any atom is 0.308 e. The molecule has 6 nitrogen and oxygen atoms in total. The van der Waals surface area contributed by atoms with Crippen molar-refractivity contribution in [2.24, 2.45) is 0 Å². The van der Waals surface area contributed by atoms with Gasteiger partial charge in [0.1, 0.15) is 6.10 Å². The Balaban J connectivity index is 2.82. The van der Waals surface area contributed by atoms with Gasteiger partial charge in [-0.2, -0.15) is 0 Å². The third-order valence-corrected chi connectivity index (χ3v) is 2.48. The number of carbonyl (C=O) groups excluding carboxylic acids is 2. The monoisotopic (exact) mass is 253 g/mol. The van der Waals surface area contributed by atoms with Crippen molar-refractivity contribution in [2.45, 2.75) is 25.6 Å². The summed E-state index contributed by atoms with van der Waals surface area (Å²) in [4.78, 5) is 25.9. The molecule has 1 aromatic heterocycles. The number of carbonyl (C=O) groups is 2. The lowest BCUT2D eigenvalue weighted by molar-refractivity contribution is -0.144. The van der Waals surface area contributed by atoms with Crippen molar-refractivity contribution in [3.63, 3.8) is 0 Å². The SMILES string of the molecule is COC(=O)CC(O)C(O)c1cncc(C(C)=O)c1. The van der Waals surface area contributed by atoms with Gasteiger partial charge >= 0.3 is 5.97 Å². The van der Waals surface area contributed by atoms with Gasteiger partial charge in [-0.25, -0.2) is 0 Å². The van der Waals surface area contributed by atoms with Crippen LogP contribution in [0, 0.1) is 0 Å². The molecule has 0 bridgehead atoms. The lowest BCUT2D eigenvalue weighted by Crippen LogP contribution is -2.23. The molecule has 0 aromatic carbocycles. The molecule has 2 unspecified atom stereocenters. The first-order valence-corrected chi connectivity index (χ1v) is 5.34. The van der Waals surface area contributed by atoms with E-state index in [0.29, 0.717) is 5.56 Å². The molecule has 1 aromatic rings. The van der Waals surface area contributed by atoms with E-state index in [0.717, 1.165) is 0 Å². The molecule has 2 atom stereocenters. The summed E-state index contributed by atoms with van der Waals surface area (Å²) < 4.78 is 4.39. The molecule has 2 N–H and O–H groups in total. The second-order valence-corrected chi connectivity index (χ2v) is 3.86. The molecule has 0 fully saturated rings. The van der Waals surface area contributed by atoms with Crippen LogP contribution in [0.25, 0.3) is 0 Å². The summed E-state index contributed by atoms with van der Waals surface area (Å²) in [7, 11) is 1.19. The van der Waals surface area contributed by atoms with E-state index in [1.807, 2.05) is 0 Å². The topological polar surface area (TPSA) is 96.7 Å². The van der Waals surface area contributed by atoms with Gasteiger partial charge in [0.2, 0.25) is 0 Å². The number of hydrogen-bond acceptors (Lipinski definition) is 6. The fourth-order valence-electron chi connectivity index (χ4n) is 1.40. The highest BCUT2D eigenvalue weighted by Gasteiger charge is 2.22. The highest BCUT2D eigenvalue weighted by Crippen LogP contribution is 2.19. The largest absolute Gasteiger partial charge is 0.469 e. The molecule has 0 aliphatic carbocycles. The van der Waals surface area contributed by atoms with E-state index in [-0.39, 0.29) is 17.8 Å². The highest BCUT2D eigenvalue weighted by atomic mass is 16.5. The van der Waals surface area contributed by atoms with Crippen LogP contribution in [0.2, 0.25) is 0 Å². The molecule has 1 rings (SSSR count). The molecule has 0 aliphatic heterocycles. The quantitative estimate of drug-likeness (QED) is 0.576. The van der Waals surface area contributed by atoms with Crippen LogP contribution in [-0.4, -0.2) is 40.2 Å². The number of aromatic nitrogens is 1. The van der Waals surface area contributed by atoms with Crippen molar-refractivity contribution >= 4 is 11.8 Å². The van der Waals surface area contributed by atoms with Gasteiger partial charge < -0.3 is 14.9 Å². The molecular weight excluding hydrogens is 238 g/mol. The lowest BCUT2D eigenvalue weighted by Gasteiger charge is -2.17. The summed E-state index contributed by atoms with van der Waals surface area (Å²) >= 11 is 0. The van der Waals surface area contributed by atoms with E-state index < -0.39 is 18.2 Å². The van der Waals surface area contributed by atoms with Gasteiger partial charge in [-0.15, -0.1) is 0 Å². The Labute approximate surface area is 104 Å². The molecule has 0 aliphatic rings. The first-order chi connectivity index (χ1) is 8.45. The van der Waals surface area contributed by atoms with Gasteiger partial charge in [0.25, 0.3) is 0 Å². The summed E-state index contributed by atoms with van der Waals surface area (Å²) in [6.07, 6.45) is -0.234. The Kier molecular flexibility index (Phi) is 4.94. The highest BCUT2D eigenvalue weighted by molar-refractivity contribution is 5.93. The number of pyridine rings is 1. The Morgan fingerprint density at radius 2 is 2.06 bits per heavy atom. The number of aliphatic hydroxyl groups is 2. The van der Waals surface area contributed by atoms with Crippen LogP contribution in [0.4, 0.5) is 0 Å². The molecule has 1 heterocycles. The number of Topliss-reactive ketones (excluding diaryl/α,β-unsaturated/α-hetero) is 1. The summed E-state index contributed by atoms with van der Waals surface area (Å²) in [6.45, 7) is 1.37. The smallest absolute Gasteiger partial charge is 0.308 e. The summed E-state index contributed by atoms with van der Waals surface area (Å²) in [5.41, 5.74) is 0.607. The lowest BCUT2D eigenvalue weighted by atomic mass is 10.0. The maximum atomic E-state index is 11.2. The zero-order chi connectivity index (χ0) is 13.7. The van der Waals surface area contributed by atoms with E-state index in [1.54, 1.807) is 0 Å². The minimum absolute atomic E-state index is 0.195. The van der Waals surface area contributed by atoms with E-state index in [4.69, 9.17) is 0 Å². The van der Waals surface area contributed by atoms with Crippen molar-refractivity contribution in [3.8, 4) is 0 Å². The third kappa shape index (κ3) is 3.61. The van der Waals surface area contributed by atoms with Gasteiger partial charge in [-0.3, -0.25) is 14.6 Å². The fourth-order valence-corrected chi connectivity index (χ4v) is 1.40. The summed E-state index contributed by atoms with van der Waals surface area (Å²) in [5.74, 6) is -0.823. The van der Waals surface area contributed by atoms with Crippen LogP contribution in [0.1, 0.15) is 35.4 Å². The number of methoxy groups -OCH3 is 1. The maximum absolute atomic E-state index is 11.2. The molecule has 6 heteroatoms.